The Balaban J connectivity index is 0.00000169. The number of nitrogens with one attached hydrogen (secondary N) is 1. The van der Waals surface area contributed by atoms with Crippen LogP contribution in [0.4, 0.5) is 0 Å². The van der Waals surface area contributed by atoms with Crippen LogP contribution in [0.15, 0.2) is 42.6 Å². The van der Waals surface area contributed by atoms with Crippen molar-refractivity contribution in [3.05, 3.63) is 59.4 Å². The highest BCUT2D eigenvalue weighted by molar-refractivity contribution is 5.85. The van der Waals surface area contributed by atoms with Crippen molar-refractivity contribution in [3.63, 3.8) is 0 Å². The number of benzene rings is 1. The zero-order chi connectivity index (χ0) is 17.0. The number of nitrogens with zero attached hydrogens (tertiary/aromatic N) is 2. The van der Waals surface area contributed by atoms with Gasteiger partial charge in [-0.3, -0.25) is 4.98 Å². The molecule has 1 aliphatic rings. The van der Waals surface area contributed by atoms with E-state index in [-0.39, 0.29) is 30.2 Å². The summed E-state index contributed by atoms with van der Waals surface area (Å²) >= 11 is 0. The highest BCUT2D eigenvalue weighted by Gasteiger charge is 2.36. The van der Waals surface area contributed by atoms with Crippen LogP contribution in [0.25, 0.3) is 0 Å². The Labute approximate surface area is 168 Å². The molecular formula is C20H29Cl2N3O. The van der Waals surface area contributed by atoms with Crippen molar-refractivity contribution in [2.45, 2.75) is 31.7 Å². The first-order chi connectivity index (χ1) is 11.6. The fourth-order valence-corrected chi connectivity index (χ4v) is 3.72. The molecule has 1 saturated heterocycles. The fraction of sp³-hybridized carbons (Fsp3) is 0.450. The van der Waals surface area contributed by atoms with Crippen LogP contribution in [0, 0.1) is 6.92 Å². The molecule has 0 aliphatic carbocycles. The summed E-state index contributed by atoms with van der Waals surface area (Å²) in [7, 11) is 2.15. The van der Waals surface area contributed by atoms with Gasteiger partial charge >= 0.3 is 0 Å². The van der Waals surface area contributed by atoms with E-state index in [1.54, 1.807) is 6.07 Å². The minimum absolute atomic E-state index is 0. The number of phenols is 1. The van der Waals surface area contributed by atoms with Crippen LogP contribution >= 0.6 is 24.8 Å². The standard InChI is InChI=1S/C20H27N3O.2ClH/c1-16-6-7-19(22-13-16)20(8-10-21-11-9-20)15-23(2)14-17-4-3-5-18(24)12-17;;/h3-7,12-13,21,24H,8-11,14-15H2,1-2H3;2*1H. The smallest absolute Gasteiger partial charge is 0.115 e. The lowest BCUT2D eigenvalue weighted by atomic mass is 9.75. The maximum atomic E-state index is 9.67. The van der Waals surface area contributed by atoms with Crippen LogP contribution in [-0.4, -0.2) is 41.7 Å². The van der Waals surface area contributed by atoms with Crippen molar-refractivity contribution in [3.8, 4) is 5.75 Å². The molecule has 1 aliphatic heterocycles. The molecule has 0 amide bonds. The van der Waals surface area contributed by atoms with Gasteiger partial charge in [0.2, 0.25) is 0 Å². The van der Waals surface area contributed by atoms with Gasteiger partial charge in [-0.15, -0.1) is 24.8 Å². The molecule has 1 aromatic heterocycles. The Morgan fingerprint density at radius 1 is 1.15 bits per heavy atom. The fourth-order valence-electron chi connectivity index (χ4n) is 3.72. The number of likely N-dealkylation sites (N-methyl/N-ethyl adjacent to an activating group) is 1. The summed E-state index contributed by atoms with van der Waals surface area (Å²) < 4.78 is 0. The van der Waals surface area contributed by atoms with Crippen molar-refractivity contribution in [1.29, 1.82) is 0 Å². The average Bonchev–Trinajstić information content (AvgIpc) is 2.56. The highest BCUT2D eigenvalue weighted by Crippen LogP contribution is 2.33. The van der Waals surface area contributed by atoms with Gasteiger partial charge in [0.05, 0.1) is 0 Å². The minimum atomic E-state index is 0. The van der Waals surface area contributed by atoms with Gasteiger partial charge in [-0.25, -0.2) is 0 Å². The summed E-state index contributed by atoms with van der Waals surface area (Å²) in [6.45, 7) is 5.96. The van der Waals surface area contributed by atoms with Gasteiger partial charge < -0.3 is 15.3 Å². The first-order valence-corrected chi connectivity index (χ1v) is 8.68. The number of aryl methyl sites for hydroxylation is 1. The van der Waals surface area contributed by atoms with Crippen LogP contribution in [0.5, 0.6) is 5.75 Å². The molecular weight excluding hydrogens is 369 g/mol. The second-order valence-corrected chi connectivity index (χ2v) is 7.09. The van der Waals surface area contributed by atoms with Crippen molar-refractivity contribution < 1.29 is 5.11 Å². The van der Waals surface area contributed by atoms with Crippen LogP contribution < -0.4 is 5.32 Å². The number of aromatic hydroxyl groups is 1. The van der Waals surface area contributed by atoms with E-state index < -0.39 is 0 Å². The molecule has 1 fully saturated rings. The third-order valence-electron chi connectivity index (χ3n) is 4.95. The lowest BCUT2D eigenvalue weighted by Gasteiger charge is -2.40. The van der Waals surface area contributed by atoms with Crippen LogP contribution in [0.3, 0.4) is 0 Å². The Hall–Kier alpha value is -1.33. The second kappa shape index (κ2) is 10.1. The van der Waals surface area contributed by atoms with Gasteiger partial charge in [-0.2, -0.15) is 0 Å². The SMILES string of the molecule is Cc1ccc(C2(CN(C)Cc3cccc(O)c3)CCNCC2)nc1.Cl.Cl. The number of pyridine rings is 1. The molecule has 2 N–H and O–H groups in total. The third-order valence-corrected chi connectivity index (χ3v) is 4.95. The van der Waals surface area contributed by atoms with Crippen molar-refractivity contribution in [2.75, 3.05) is 26.7 Å². The average molecular weight is 398 g/mol. The molecule has 1 aromatic carbocycles. The van der Waals surface area contributed by atoms with Gasteiger partial charge in [0, 0.05) is 30.4 Å². The van der Waals surface area contributed by atoms with Gasteiger partial charge in [0.1, 0.15) is 5.75 Å². The molecule has 26 heavy (non-hydrogen) atoms. The number of rotatable bonds is 5. The summed E-state index contributed by atoms with van der Waals surface area (Å²) in [5.74, 6) is 0.331. The van der Waals surface area contributed by atoms with Crippen LogP contribution in [0.1, 0.15) is 29.7 Å². The molecule has 2 aromatic rings. The van der Waals surface area contributed by atoms with Crippen molar-refractivity contribution >= 4 is 24.8 Å². The monoisotopic (exact) mass is 397 g/mol. The summed E-state index contributed by atoms with van der Waals surface area (Å²) in [6.07, 6.45) is 4.19. The summed E-state index contributed by atoms with van der Waals surface area (Å²) in [6, 6.07) is 11.9. The van der Waals surface area contributed by atoms with Crippen LogP contribution in [-0.2, 0) is 12.0 Å². The zero-order valence-electron chi connectivity index (χ0n) is 15.4. The van der Waals surface area contributed by atoms with E-state index in [0.717, 1.165) is 44.6 Å². The molecule has 0 radical (unpaired) electrons. The van der Waals surface area contributed by atoms with E-state index in [0.29, 0.717) is 5.75 Å². The summed E-state index contributed by atoms with van der Waals surface area (Å²) in [4.78, 5) is 7.10. The number of phenolic OH excluding ortho intramolecular Hbond substituents is 1. The van der Waals surface area contributed by atoms with E-state index in [1.165, 1.54) is 11.3 Å². The van der Waals surface area contributed by atoms with E-state index >= 15 is 0 Å². The maximum Gasteiger partial charge on any atom is 0.115 e. The number of aromatic nitrogens is 1. The number of halogens is 2. The second-order valence-electron chi connectivity index (χ2n) is 7.09. The largest absolute Gasteiger partial charge is 0.508 e. The van der Waals surface area contributed by atoms with Crippen molar-refractivity contribution in [1.82, 2.24) is 15.2 Å². The molecule has 3 rings (SSSR count). The molecule has 0 unspecified atom stereocenters. The van der Waals surface area contributed by atoms with E-state index in [4.69, 9.17) is 4.98 Å². The Kier molecular flexibility index (Phi) is 8.84. The Morgan fingerprint density at radius 2 is 1.88 bits per heavy atom. The Morgan fingerprint density at radius 3 is 2.50 bits per heavy atom. The molecule has 0 atom stereocenters. The number of hydrogen-bond acceptors (Lipinski definition) is 4. The van der Waals surface area contributed by atoms with Crippen molar-refractivity contribution in [2.24, 2.45) is 0 Å². The van der Waals surface area contributed by atoms with E-state index in [9.17, 15) is 5.11 Å². The van der Waals surface area contributed by atoms with Gasteiger partial charge in [-0.1, -0.05) is 18.2 Å². The highest BCUT2D eigenvalue weighted by atomic mass is 35.5. The number of piperidine rings is 1. The lowest BCUT2D eigenvalue weighted by Crippen LogP contribution is -2.47. The topological polar surface area (TPSA) is 48.4 Å². The molecule has 0 bridgehead atoms. The quantitative estimate of drug-likeness (QED) is 0.807. The number of hydrogen-bond donors (Lipinski definition) is 2. The third kappa shape index (κ3) is 5.58. The van der Waals surface area contributed by atoms with E-state index in [1.807, 2.05) is 18.3 Å². The summed E-state index contributed by atoms with van der Waals surface area (Å²) in [5.41, 5.74) is 3.65. The molecule has 2 heterocycles. The first kappa shape index (κ1) is 22.7. The molecule has 144 valence electrons. The van der Waals surface area contributed by atoms with Crippen LogP contribution in [0.2, 0.25) is 0 Å². The molecule has 4 nitrogen and oxygen atoms in total. The van der Waals surface area contributed by atoms with Gasteiger partial charge in [0.15, 0.2) is 0 Å². The molecule has 6 heteroatoms. The first-order valence-electron chi connectivity index (χ1n) is 8.68. The Bertz CT molecular complexity index is 673. The maximum absolute atomic E-state index is 9.67. The van der Waals surface area contributed by atoms with Gasteiger partial charge in [-0.05, 0) is 69.2 Å². The van der Waals surface area contributed by atoms with Gasteiger partial charge in [0.25, 0.3) is 0 Å². The lowest BCUT2D eigenvalue weighted by molar-refractivity contribution is 0.191. The zero-order valence-corrected chi connectivity index (χ0v) is 17.1. The molecule has 0 saturated carbocycles. The predicted molar refractivity (Wildman–Crippen MR) is 112 cm³/mol. The molecule has 0 spiro atoms. The normalized spacial score (nSPS) is 15.8. The minimum Gasteiger partial charge on any atom is -0.508 e. The van der Waals surface area contributed by atoms with E-state index in [2.05, 4.69) is 42.4 Å². The predicted octanol–water partition coefficient (Wildman–Crippen LogP) is 3.69. The summed E-state index contributed by atoms with van der Waals surface area (Å²) in [5, 5.41) is 13.1.